The van der Waals surface area contributed by atoms with Crippen molar-refractivity contribution in [2.24, 2.45) is 5.92 Å². The molecule has 0 bridgehead atoms. The van der Waals surface area contributed by atoms with Crippen molar-refractivity contribution in [3.8, 4) is 12.3 Å². The molecule has 0 aromatic heterocycles. The van der Waals surface area contributed by atoms with Gasteiger partial charge in [0.25, 0.3) is 0 Å². The largest absolute Gasteiger partial charge is 0.207 e. The number of rotatable bonds is 7. The highest BCUT2D eigenvalue weighted by atomic mass is 19.1. The topological polar surface area (TPSA) is 0 Å². The zero-order valence-corrected chi connectivity index (χ0v) is 18.2. The summed E-state index contributed by atoms with van der Waals surface area (Å²) in [7, 11) is 0. The van der Waals surface area contributed by atoms with Gasteiger partial charge >= 0.3 is 0 Å². The van der Waals surface area contributed by atoms with Gasteiger partial charge in [-0.2, -0.15) is 0 Å². The van der Waals surface area contributed by atoms with Gasteiger partial charge in [0, 0.05) is 0 Å². The number of hydrogen-bond donors (Lipinski definition) is 0. The summed E-state index contributed by atoms with van der Waals surface area (Å²) in [5, 5.41) is 0. The zero-order valence-electron chi connectivity index (χ0n) is 18.2. The third-order valence-corrected chi connectivity index (χ3v) is 2.95. The van der Waals surface area contributed by atoms with Crippen LogP contribution in [0.25, 0.3) is 0 Å². The molecule has 0 aliphatic rings. The van der Waals surface area contributed by atoms with Crippen molar-refractivity contribution in [3.63, 3.8) is 0 Å². The third kappa shape index (κ3) is 15.6. The second-order valence-electron chi connectivity index (χ2n) is 5.99. The Bertz CT molecular complexity index is 543. The zero-order chi connectivity index (χ0) is 21.1. The van der Waals surface area contributed by atoms with E-state index in [0.29, 0.717) is 11.5 Å². The van der Waals surface area contributed by atoms with Gasteiger partial charge in [-0.3, -0.25) is 0 Å². The van der Waals surface area contributed by atoms with Crippen molar-refractivity contribution in [2.75, 3.05) is 0 Å². The number of halogens is 2. The molecule has 0 amide bonds. The molecule has 0 aliphatic heterocycles. The average molecular weight is 365 g/mol. The molecule has 0 aromatic carbocycles. The molecule has 0 radical (unpaired) electrons. The molecule has 0 aromatic rings. The standard InChI is InChI=1S/C19H28F2.C3H4.C2H6/c1-7-16(12-10-9-11-14(3)4)19(17(20)8-2)18(21)13-15(5)6;1-3-2;1-2/h7-8,10,12-14H,9,11H2,1-6H3;1H,2H3;1-2H3/b12-10-,16-7+,17-8+,19-18+;;. The smallest absolute Gasteiger partial charge is 0.133 e. The van der Waals surface area contributed by atoms with Crippen molar-refractivity contribution < 1.29 is 8.78 Å². The van der Waals surface area contributed by atoms with E-state index < -0.39 is 11.7 Å². The van der Waals surface area contributed by atoms with Crippen molar-refractivity contribution in [1.82, 2.24) is 0 Å². The lowest BCUT2D eigenvalue weighted by Crippen LogP contribution is -1.93. The first-order valence-corrected chi connectivity index (χ1v) is 9.32. The molecule has 2 heteroatoms. The molecular weight excluding hydrogens is 326 g/mol. The quantitative estimate of drug-likeness (QED) is 0.313. The van der Waals surface area contributed by atoms with Gasteiger partial charge in [0.05, 0.1) is 5.57 Å². The van der Waals surface area contributed by atoms with Crippen LogP contribution in [0.4, 0.5) is 8.78 Å². The monoisotopic (exact) mass is 364 g/mol. The van der Waals surface area contributed by atoms with E-state index in [1.165, 1.54) is 12.2 Å². The molecule has 0 nitrogen and oxygen atoms in total. The van der Waals surface area contributed by atoms with Crippen LogP contribution in [0.2, 0.25) is 0 Å². The molecular formula is C24H38F2. The summed E-state index contributed by atoms with van der Waals surface area (Å²) in [6.07, 6.45) is 14.7. The number of allylic oxidation sites excluding steroid dienone is 10. The lowest BCUT2D eigenvalue weighted by atomic mass is 10.0. The van der Waals surface area contributed by atoms with E-state index in [0.717, 1.165) is 18.4 Å². The lowest BCUT2D eigenvalue weighted by molar-refractivity contribution is 0.594. The molecule has 0 saturated heterocycles. The summed E-state index contributed by atoms with van der Waals surface area (Å²) in [6.45, 7) is 16.9. The minimum Gasteiger partial charge on any atom is -0.207 e. The molecule has 0 rings (SSSR count). The number of terminal acetylenes is 1. The summed E-state index contributed by atoms with van der Waals surface area (Å²) < 4.78 is 28.3. The minimum atomic E-state index is -0.536. The highest BCUT2D eigenvalue weighted by Gasteiger charge is 2.13. The Labute approximate surface area is 161 Å². The molecule has 0 N–H and O–H groups in total. The van der Waals surface area contributed by atoms with Crippen LogP contribution in [0.3, 0.4) is 0 Å². The second-order valence-corrected chi connectivity index (χ2v) is 5.99. The summed E-state index contributed by atoms with van der Waals surface area (Å²) >= 11 is 0. The van der Waals surface area contributed by atoms with Crippen LogP contribution in [0.5, 0.6) is 0 Å². The van der Waals surface area contributed by atoms with E-state index in [1.807, 2.05) is 19.9 Å². The average Bonchev–Trinajstić information content (AvgIpc) is 2.58. The Hall–Kier alpha value is -1.88. The summed E-state index contributed by atoms with van der Waals surface area (Å²) in [4.78, 5) is 0. The van der Waals surface area contributed by atoms with Gasteiger partial charge in [-0.15, -0.1) is 12.3 Å². The fraction of sp³-hybridized carbons (Fsp3) is 0.500. The van der Waals surface area contributed by atoms with Crippen molar-refractivity contribution in [3.05, 3.63) is 58.8 Å². The Balaban J connectivity index is -0.000000950. The minimum absolute atomic E-state index is 0.0296. The van der Waals surface area contributed by atoms with Gasteiger partial charge in [-0.25, -0.2) is 8.78 Å². The maximum Gasteiger partial charge on any atom is 0.133 e. The van der Waals surface area contributed by atoms with Crippen molar-refractivity contribution in [1.29, 1.82) is 0 Å². The lowest BCUT2D eigenvalue weighted by Gasteiger charge is -2.08. The van der Waals surface area contributed by atoms with Gasteiger partial charge in [0.1, 0.15) is 11.7 Å². The third-order valence-electron chi connectivity index (χ3n) is 2.95. The molecule has 148 valence electrons. The van der Waals surface area contributed by atoms with E-state index >= 15 is 0 Å². The van der Waals surface area contributed by atoms with Gasteiger partial charge < -0.3 is 0 Å². The van der Waals surface area contributed by atoms with E-state index in [2.05, 4.69) is 26.2 Å². The predicted molar refractivity (Wildman–Crippen MR) is 115 cm³/mol. The summed E-state index contributed by atoms with van der Waals surface area (Å²) in [5.41, 5.74) is 1.40. The van der Waals surface area contributed by atoms with Gasteiger partial charge in [-0.1, -0.05) is 57.6 Å². The first-order chi connectivity index (χ1) is 12.2. The fourth-order valence-corrected chi connectivity index (χ4v) is 1.82. The molecule has 0 fully saturated rings. The van der Waals surface area contributed by atoms with Crippen LogP contribution in [0, 0.1) is 18.3 Å². The first kappa shape index (κ1) is 28.9. The SMILES string of the molecule is C#CC.CC.C\C=C(F)/C(C(/C=C\CCC(C)C)=C/C)=C(/F)C=C(C)C. The van der Waals surface area contributed by atoms with Crippen LogP contribution < -0.4 is 0 Å². The van der Waals surface area contributed by atoms with Crippen LogP contribution in [-0.4, -0.2) is 0 Å². The first-order valence-electron chi connectivity index (χ1n) is 9.32. The molecule has 0 heterocycles. The maximum atomic E-state index is 14.3. The van der Waals surface area contributed by atoms with Gasteiger partial charge in [0.15, 0.2) is 0 Å². The van der Waals surface area contributed by atoms with Gasteiger partial charge in [0.2, 0.25) is 0 Å². The van der Waals surface area contributed by atoms with Crippen molar-refractivity contribution >= 4 is 0 Å². The Morgan fingerprint density at radius 3 is 1.92 bits per heavy atom. The molecule has 26 heavy (non-hydrogen) atoms. The highest BCUT2D eigenvalue weighted by Crippen LogP contribution is 2.28. The number of hydrogen-bond acceptors (Lipinski definition) is 0. The van der Waals surface area contributed by atoms with E-state index in [1.54, 1.807) is 46.8 Å². The second kappa shape index (κ2) is 19.4. The predicted octanol–water partition coefficient (Wildman–Crippen LogP) is 8.65. The van der Waals surface area contributed by atoms with E-state index in [4.69, 9.17) is 0 Å². The Morgan fingerprint density at radius 1 is 1.08 bits per heavy atom. The van der Waals surface area contributed by atoms with Crippen molar-refractivity contribution in [2.45, 2.75) is 75.2 Å². The van der Waals surface area contributed by atoms with Crippen LogP contribution in [0.15, 0.2) is 58.8 Å². The van der Waals surface area contributed by atoms with Crippen LogP contribution in [0.1, 0.15) is 75.2 Å². The Kier molecular flexibility index (Phi) is 21.6. The van der Waals surface area contributed by atoms with Crippen LogP contribution >= 0.6 is 0 Å². The summed E-state index contributed by atoms with van der Waals surface area (Å²) in [6, 6.07) is 0. The van der Waals surface area contributed by atoms with Gasteiger partial charge in [-0.05, 0) is 65.0 Å². The summed E-state index contributed by atoms with van der Waals surface area (Å²) in [5.74, 6) is 1.80. The Morgan fingerprint density at radius 2 is 1.58 bits per heavy atom. The maximum absolute atomic E-state index is 14.3. The van der Waals surface area contributed by atoms with Crippen LogP contribution in [-0.2, 0) is 0 Å². The fourth-order valence-electron chi connectivity index (χ4n) is 1.82. The molecule has 0 unspecified atom stereocenters. The highest BCUT2D eigenvalue weighted by molar-refractivity contribution is 5.52. The van der Waals surface area contributed by atoms with E-state index in [9.17, 15) is 8.78 Å². The van der Waals surface area contributed by atoms with E-state index in [-0.39, 0.29) is 5.57 Å². The molecule has 0 saturated carbocycles. The normalized spacial score (nSPS) is 12.4. The molecule has 0 atom stereocenters. The molecule has 0 aliphatic carbocycles. The molecule has 0 spiro atoms.